The van der Waals surface area contributed by atoms with Crippen LogP contribution in [-0.4, -0.2) is 15.0 Å². The highest BCUT2D eigenvalue weighted by molar-refractivity contribution is 9.11. The van der Waals surface area contributed by atoms with Crippen LogP contribution in [0.15, 0.2) is 208 Å². The lowest BCUT2D eigenvalue weighted by Gasteiger charge is -2.39. The molecule has 6 heteroatoms. The van der Waals surface area contributed by atoms with Crippen LogP contribution in [0.4, 0.5) is 0 Å². The van der Waals surface area contributed by atoms with Gasteiger partial charge in [0.1, 0.15) is 0 Å². The highest BCUT2D eigenvalue weighted by atomic mass is 79.9. The number of aryl methyl sites for hydroxylation is 1. The van der Waals surface area contributed by atoms with Crippen LogP contribution >= 0.6 is 47.8 Å². The number of hydrogen-bond donors (Lipinski definition) is 0. The van der Waals surface area contributed by atoms with Crippen LogP contribution in [0.25, 0.3) is 78.3 Å². The van der Waals surface area contributed by atoms with Gasteiger partial charge in [-0.15, -0.1) is 0 Å². The first-order valence-corrected chi connectivity index (χ1v) is 32.9. The minimum atomic E-state index is -0.0604. The average Bonchev–Trinajstić information content (AvgIpc) is 0.966. The van der Waals surface area contributed by atoms with Crippen LogP contribution in [0.2, 0.25) is 0 Å². The largest absolute Gasteiger partial charge is 0.256 e. The third-order valence-electron chi connectivity index (χ3n) is 17.9. The monoisotopic (exact) mass is 1320 g/mol. The summed E-state index contributed by atoms with van der Waals surface area (Å²) in [5.74, 6) is 0.655. The molecule has 2 atom stereocenters. The SMILES string of the molecule is Cc1cc(-c2ccc(-c3ccccc3C3CC(c4ccc(C(C)(C)C)cc4-c4ccc(-c5cc(C(C)(C)C)ccn5)cc4Br)CC(c4ccc(C(C)(C)C)cc4-c4ccc(-c5cc(C(C)(C)C)ccn5)cc4Br)C3)c(Br)c2)ncc1-c1ccccc1. The quantitative estimate of drug-likeness (QED) is 0.137. The Morgan fingerprint density at radius 3 is 1.09 bits per heavy atom. The van der Waals surface area contributed by atoms with Crippen molar-refractivity contribution in [2.45, 2.75) is 149 Å². The molecule has 0 bridgehead atoms. The van der Waals surface area contributed by atoms with Crippen LogP contribution in [0.5, 0.6) is 0 Å². The molecular weight excluding hydrogens is 1240 g/mol. The Bertz CT molecular complexity index is 3970. The molecule has 436 valence electrons. The minimum absolute atomic E-state index is 0.00935. The van der Waals surface area contributed by atoms with Gasteiger partial charge in [0.25, 0.3) is 0 Å². The molecule has 0 N–H and O–H groups in total. The smallest absolute Gasteiger partial charge is 0.0705 e. The molecule has 86 heavy (non-hydrogen) atoms. The summed E-state index contributed by atoms with van der Waals surface area (Å²) in [4.78, 5) is 14.8. The van der Waals surface area contributed by atoms with Crippen LogP contribution in [-0.2, 0) is 21.7 Å². The molecule has 3 heterocycles. The maximum absolute atomic E-state index is 5.03. The first kappa shape index (κ1) is 61.1. The van der Waals surface area contributed by atoms with E-state index in [4.69, 9.17) is 15.0 Å². The number of benzene rings is 7. The Hall–Kier alpha value is -6.57. The molecule has 0 aliphatic heterocycles. The fourth-order valence-corrected chi connectivity index (χ4v) is 14.6. The molecule has 0 radical (unpaired) electrons. The second kappa shape index (κ2) is 24.2. The van der Waals surface area contributed by atoms with E-state index in [9.17, 15) is 0 Å². The lowest BCUT2D eigenvalue weighted by atomic mass is 9.65. The molecule has 1 aliphatic rings. The maximum Gasteiger partial charge on any atom is 0.0705 e. The van der Waals surface area contributed by atoms with E-state index >= 15 is 0 Å². The van der Waals surface area contributed by atoms with Crippen LogP contribution in [0, 0.1) is 6.92 Å². The summed E-state index contributed by atoms with van der Waals surface area (Å²) in [6, 6.07) is 66.1. The molecule has 3 aromatic heterocycles. The molecule has 11 rings (SSSR count). The van der Waals surface area contributed by atoms with Crippen molar-refractivity contribution in [3.8, 4) is 78.3 Å². The molecule has 7 aromatic carbocycles. The number of hydrogen-bond acceptors (Lipinski definition) is 3. The van der Waals surface area contributed by atoms with Gasteiger partial charge in [0.2, 0.25) is 0 Å². The summed E-state index contributed by atoms with van der Waals surface area (Å²) in [7, 11) is 0. The average molecular weight is 1320 g/mol. The molecule has 10 aromatic rings. The standard InChI is InChI=1S/C80H80Br3N3/c1-49-37-74(86-48-70(49)50-19-15-14-16-20-50)51-23-28-65(71(81)41-51)64-22-18-17-21-61(64)54-38-55(62-31-26-57(77(2,3)4)44-68(62)66-29-24-52(42-72(66)82)75-46-59(33-35-84-75)79(8,9)10)40-56(39-54)63-32-27-58(78(5,6)7)45-69(63)67-30-25-53(43-73(67)83)76-47-60(34-36-85-76)80(11,12)13/h14-37,41-48,54-56H,38-40H2,1-13H3. The van der Waals surface area contributed by atoms with Gasteiger partial charge in [0.05, 0.1) is 17.1 Å². The van der Waals surface area contributed by atoms with Crippen molar-refractivity contribution in [3.05, 3.63) is 252 Å². The molecule has 0 spiro atoms. The van der Waals surface area contributed by atoms with Crippen LogP contribution < -0.4 is 0 Å². The van der Waals surface area contributed by atoms with Crippen molar-refractivity contribution in [2.75, 3.05) is 0 Å². The molecule has 1 aliphatic carbocycles. The van der Waals surface area contributed by atoms with E-state index in [1.807, 2.05) is 18.6 Å². The Kier molecular flexibility index (Phi) is 17.2. The second-order valence-electron chi connectivity index (χ2n) is 28.2. The summed E-state index contributed by atoms with van der Waals surface area (Å²) in [6.45, 7) is 29.8. The Labute approximate surface area is 538 Å². The number of halogens is 3. The summed E-state index contributed by atoms with van der Waals surface area (Å²) in [5, 5.41) is 0. The lowest BCUT2D eigenvalue weighted by molar-refractivity contribution is 0.352. The van der Waals surface area contributed by atoms with E-state index in [-0.39, 0.29) is 39.4 Å². The summed E-state index contributed by atoms with van der Waals surface area (Å²) in [6.07, 6.45) is 8.91. The van der Waals surface area contributed by atoms with E-state index in [1.165, 1.54) is 83.5 Å². The van der Waals surface area contributed by atoms with Gasteiger partial charge < -0.3 is 0 Å². The number of aromatic nitrogens is 3. The van der Waals surface area contributed by atoms with Crippen molar-refractivity contribution in [1.29, 1.82) is 0 Å². The third-order valence-corrected chi connectivity index (χ3v) is 19.9. The van der Waals surface area contributed by atoms with Gasteiger partial charge in [-0.3, -0.25) is 15.0 Å². The van der Waals surface area contributed by atoms with Crippen molar-refractivity contribution >= 4 is 47.8 Å². The first-order chi connectivity index (χ1) is 40.8. The number of nitrogens with zero attached hydrogens (tertiary/aromatic N) is 3. The minimum Gasteiger partial charge on any atom is -0.256 e. The van der Waals surface area contributed by atoms with E-state index in [0.717, 1.165) is 72.0 Å². The molecule has 2 unspecified atom stereocenters. The summed E-state index contributed by atoms with van der Waals surface area (Å²) in [5.41, 5.74) is 26.4. The Morgan fingerprint density at radius 2 is 0.686 bits per heavy atom. The van der Waals surface area contributed by atoms with Gasteiger partial charge >= 0.3 is 0 Å². The molecule has 1 saturated carbocycles. The van der Waals surface area contributed by atoms with Crippen molar-refractivity contribution in [2.24, 2.45) is 0 Å². The Balaban J connectivity index is 1.05. The maximum atomic E-state index is 5.03. The predicted molar refractivity (Wildman–Crippen MR) is 375 cm³/mol. The zero-order valence-corrected chi connectivity index (χ0v) is 57.1. The Morgan fingerprint density at radius 1 is 0.314 bits per heavy atom. The molecule has 3 nitrogen and oxygen atoms in total. The van der Waals surface area contributed by atoms with Crippen molar-refractivity contribution in [1.82, 2.24) is 15.0 Å². The van der Waals surface area contributed by atoms with Gasteiger partial charge in [-0.1, -0.05) is 258 Å². The van der Waals surface area contributed by atoms with E-state index in [2.05, 4.69) is 314 Å². The highest BCUT2D eigenvalue weighted by Crippen LogP contribution is 2.54. The van der Waals surface area contributed by atoms with Gasteiger partial charge in [-0.2, -0.15) is 0 Å². The zero-order chi connectivity index (χ0) is 61.0. The highest BCUT2D eigenvalue weighted by Gasteiger charge is 2.36. The second-order valence-corrected chi connectivity index (χ2v) is 30.7. The van der Waals surface area contributed by atoms with Crippen molar-refractivity contribution < 1.29 is 0 Å². The zero-order valence-electron chi connectivity index (χ0n) is 52.3. The summed E-state index contributed by atoms with van der Waals surface area (Å²) >= 11 is 12.6. The predicted octanol–water partition coefficient (Wildman–Crippen LogP) is 24.2. The third kappa shape index (κ3) is 13.0. The first-order valence-electron chi connectivity index (χ1n) is 30.5. The van der Waals surface area contributed by atoms with Gasteiger partial charge in [-0.05, 0) is 198 Å². The van der Waals surface area contributed by atoms with E-state index in [0.29, 0.717) is 0 Å². The number of rotatable bonds is 10. The van der Waals surface area contributed by atoms with Crippen molar-refractivity contribution in [3.63, 3.8) is 0 Å². The van der Waals surface area contributed by atoms with Gasteiger partial charge in [0.15, 0.2) is 0 Å². The van der Waals surface area contributed by atoms with Crippen LogP contribution in [0.3, 0.4) is 0 Å². The fourth-order valence-electron chi connectivity index (χ4n) is 12.8. The normalized spacial score (nSPS) is 15.9. The molecule has 1 fully saturated rings. The van der Waals surface area contributed by atoms with E-state index in [1.54, 1.807) is 0 Å². The van der Waals surface area contributed by atoms with Gasteiger partial charge in [0, 0.05) is 54.3 Å². The molecule has 0 saturated heterocycles. The number of pyridine rings is 3. The van der Waals surface area contributed by atoms with Crippen LogP contribution in [0.1, 0.15) is 165 Å². The molecular formula is C80H80Br3N3. The lowest BCUT2D eigenvalue weighted by Crippen LogP contribution is -2.22. The van der Waals surface area contributed by atoms with E-state index < -0.39 is 0 Å². The summed E-state index contributed by atoms with van der Waals surface area (Å²) < 4.78 is 3.19. The fraction of sp³-hybridized carbons (Fsp3) is 0.287. The molecule has 0 amide bonds. The topological polar surface area (TPSA) is 38.7 Å². The van der Waals surface area contributed by atoms with Gasteiger partial charge in [-0.25, -0.2) is 0 Å².